The normalized spacial score (nSPS) is 10.5. The molecule has 3 aromatic rings. The summed E-state index contributed by atoms with van der Waals surface area (Å²) in [6.45, 7) is 1.46. The van der Waals surface area contributed by atoms with Crippen molar-refractivity contribution in [2.75, 3.05) is 6.61 Å². The lowest BCUT2D eigenvalue weighted by molar-refractivity contribution is -0.385. The molecule has 0 fully saturated rings. The van der Waals surface area contributed by atoms with Gasteiger partial charge in [0.1, 0.15) is 5.75 Å². The first-order valence-corrected chi connectivity index (χ1v) is 9.49. The van der Waals surface area contributed by atoms with Crippen molar-refractivity contribution >= 4 is 23.8 Å². The van der Waals surface area contributed by atoms with Gasteiger partial charge in [-0.25, -0.2) is 10.2 Å². The number of carbonyl (C=O) groups is 2. The zero-order valence-corrected chi connectivity index (χ0v) is 17.1. The molecule has 162 valence electrons. The number of hydrazone groups is 1. The van der Waals surface area contributed by atoms with Gasteiger partial charge in [-0.05, 0) is 55.0 Å². The van der Waals surface area contributed by atoms with Gasteiger partial charge in [0.2, 0.25) is 0 Å². The number of carbonyl (C=O) groups excluding carboxylic acids is 2. The largest absolute Gasteiger partial charge is 0.477 e. The number of amides is 1. The van der Waals surface area contributed by atoms with E-state index in [1.807, 2.05) is 13.0 Å². The number of aryl methyl sites for hydroxylation is 1. The van der Waals surface area contributed by atoms with Crippen LogP contribution in [0.25, 0.3) is 0 Å². The molecular formula is C23H19N3O6. The lowest BCUT2D eigenvalue weighted by atomic mass is 10.1. The highest BCUT2D eigenvalue weighted by Gasteiger charge is 2.14. The smallest absolute Gasteiger partial charge is 0.343 e. The second-order valence-corrected chi connectivity index (χ2v) is 6.63. The fourth-order valence-corrected chi connectivity index (χ4v) is 2.64. The molecule has 0 saturated heterocycles. The summed E-state index contributed by atoms with van der Waals surface area (Å²) in [6.07, 6.45) is 1.40. The van der Waals surface area contributed by atoms with Crippen LogP contribution in [-0.2, 0) is 4.79 Å². The van der Waals surface area contributed by atoms with Gasteiger partial charge in [-0.1, -0.05) is 29.8 Å². The molecule has 9 heteroatoms. The van der Waals surface area contributed by atoms with Crippen LogP contribution in [0.15, 0.2) is 77.9 Å². The minimum Gasteiger partial charge on any atom is -0.477 e. The Balaban J connectivity index is 1.49. The third-order valence-electron chi connectivity index (χ3n) is 4.17. The molecule has 0 aliphatic heterocycles. The van der Waals surface area contributed by atoms with Crippen molar-refractivity contribution in [3.05, 3.63) is 99.6 Å². The van der Waals surface area contributed by atoms with Gasteiger partial charge in [0.15, 0.2) is 12.4 Å². The highest BCUT2D eigenvalue weighted by atomic mass is 16.6. The fourth-order valence-electron chi connectivity index (χ4n) is 2.64. The predicted octanol–water partition coefficient (Wildman–Crippen LogP) is 3.65. The van der Waals surface area contributed by atoms with Crippen molar-refractivity contribution < 1.29 is 24.0 Å². The Morgan fingerprint density at radius 2 is 1.81 bits per heavy atom. The van der Waals surface area contributed by atoms with E-state index in [0.717, 1.165) is 5.56 Å². The van der Waals surface area contributed by atoms with Crippen LogP contribution in [0.2, 0.25) is 0 Å². The van der Waals surface area contributed by atoms with E-state index in [0.29, 0.717) is 16.9 Å². The van der Waals surface area contributed by atoms with E-state index in [4.69, 9.17) is 9.47 Å². The van der Waals surface area contributed by atoms with Gasteiger partial charge in [0.25, 0.3) is 5.91 Å². The highest BCUT2D eigenvalue weighted by Crippen LogP contribution is 2.25. The van der Waals surface area contributed by atoms with E-state index in [-0.39, 0.29) is 11.4 Å². The van der Waals surface area contributed by atoms with Gasteiger partial charge in [-0.3, -0.25) is 14.9 Å². The molecule has 1 amide bonds. The molecule has 0 atom stereocenters. The number of nitro benzene ring substituents is 1. The number of esters is 1. The highest BCUT2D eigenvalue weighted by molar-refractivity contribution is 5.91. The maximum atomic E-state index is 12.2. The molecule has 0 unspecified atom stereocenters. The van der Waals surface area contributed by atoms with E-state index in [9.17, 15) is 19.7 Å². The van der Waals surface area contributed by atoms with E-state index in [2.05, 4.69) is 10.5 Å². The summed E-state index contributed by atoms with van der Waals surface area (Å²) in [5.74, 6) is -0.674. The number of nitrogens with zero attached hydrogens (tertiary/aromatic N) is 2. The molecule has 1 N–H and O–H groups in total. The molecule has 9 nitrogen and oxygen atoms in total. The molecule has 0 heterocycles. The number of para-hydroxylation sites is 2. The molecule has 32 heavy (non-hydrogen) atoms. The molecule has 3 aromatic carbocycles. The molecule has 0 radical (unpaired) electrons. The molecule has 0 aromatic heterocycles. The topological polar surface area (TPSA) is 120 Å². The van der Waals surface area contributed by atoms with E-state index < -0.39 is 23.4 Å². The summed E-state index contributed by atoms with van der Waals surface area (Å²) in [5, 5.41) is 14.8. The molecule has 0 aliphatic carbocycles. The fraction of sp³-hybridized carbons (Fsp3) is 0.0870. The molecule has 0 aliphatic rings. The third kappa shape index (κ3) is 6.23. The first kappa shape index (κ1) is 22.2. The van der Waals surface area contributed by atoms with Crippen molar-refractivity contribution in [2.24, 2.45) is 5.10 Å². The first-order valence-electron chi connectivity index (χ1n) is 9.49. The van der Waals surface area contributed by atoms with E-state index in [1.54, 1.807) is 48.5 Å². The van der Waals surface area contributed by atoms with Crippen LogP contribution in [0.3, 0.4) is 0 Å². The Hall–Kier alpha value is -4.53. The number of hydrogen-bond donors (Lipinski definition) is 1. The lowest BCUT2D eigenvalue weighted by Crippen LogP contribution is -2.24. The average Bonchev–Trinajstić information content (AvgIpc) is 2.79. The molecule has 0 spiro atoms. The number of nitro groups is 1. The zero-order chi connectivity index (χ0) is 22.9. The number of benzene rings is 3. The van der Waals surface area contributed by atoms with Crippen molar-refractivity contribution in [3.63, 3.8) is 0 Å². The summed E-state index contributed by atoms with van der Waals surface area (Å²) < 4.78 is 10.5. The van der Waals surface area contributed by atoms with Gasteiger partial charge in [0.05, 0.1) is 16.7 Å². The molecule has 3 rings (SSSR count). The Bertz CT molecular complexity index is 1160. The summed E-state index contributed by atoms with van der Waals surface area (Å²) in [6, 6.07) is 19.4. The van der Waals surface area contributed by atoms with Gasteiger partial charge in [0, 0.05) is 6.07 Å². The SMILES string of the molecule is Cc1cccc(C(=O)Oc2ccc(C=NNC(=O)COc3ccccc3[N+](=O)[O-])cc2)c1. The summed E-state index contributed by atoms with van der Waals surface area (Å²) in [4.78, 5) is 34.4. The van der Waals surface area contributed by atoms with Gasteiger partial charge in [-0.2, -0.15) is 5.10 Å². The van der Waals surface area contributed by atoms with Crippen molar-refractivity contribution in [1.82, 2.24) is 5.43 Å². The van der Waals surface area contributed by atoms with E-state index >= 15 is 0 Å². The van der Waals surface area contributed by atoms with Crippen LogP contribution in [0, 0.1) is 17.0 Å². The van der Waals surface area contributed by atoms with Crippen molar-refractivity contribution in [1.29, 1.82) is 0 Å². The van der Waals surface area contributed by atoms with Crippen LogP contribution in [0.1, 0.15) is 21.5 Å². The lowest BCUT2D eigenvalue weighted by Gasteiger charge is -2.06. The van der Waals surface area contributed by atoms with E-state index in [1.165, 1.54) is 24.4 Å². The quantitative estimate of drug-likeness (QED) is 0.190. The average molecular weight is 433 g/mol. The second-order valence-electron chi connectivity index (χ2n) is 6.63. The number of nitrogens with one attached hydrogen (secondary N) is 1. The monoisotopic (exact) mass is 433 g/mol. The van der Waals surface area contributed by atoms with Gasteiger partial charge >= 0.3 is 11.7 Å². The minimum absolute atomic E-state index is 0.00701. The minimum atomic E-state index is -0.590. The maximum absolute atomic E-state index is 12.2. The Labute approximate surface area is 183 Å². The summed E-state index contributed by atoms with van der Waals surface area (Å²) in [7, 11) is 0. The predicted molar refractivity (Wildman–Crippen MR) is 117 cm³/mol. The van der Waals surface area contributed by atoms with Crippen LogP contribution in [0.4, 0.5) is 5.69 Å². The number of ether oxygens (including phenoxy) is 2. The van der Waals surface area contributed by atoms with Crippen LogP contribution in [-0.4, -0.2) is 29.6 Å². The Kier molecular flexibility index (Phi) is 7.26. The van der Waals surface area contributed by atoms with Crippen LogP contribution >= 0.6 is 0 Å². The molecule has 0 bridgehead atoms. The third-order valence-corrected chi connectivity index (χ3v) is 4.17. The molecular weight excluding hydrogens is 414 g/mol. The maximum Gasteiger partial charge on any atom is 0.343 e. The Morgan fingerprint density at radius 1 is 1.06 bits per heavy atom. The van der Waals surface area contributed by atoms with Gasteiger partial charge < -0.3 is 9.47 Å². The standard InChI is InChI=1S/C23H19N3O6/c1-16-5-4-6-18(13-16)23(28)32-19-11-9-17(10-12-19)14-24-25-22(27)15-31-21-8-3-2-7-20(21)26(29)30/h2-14H,15H2,1H3,(H,25,27). The summed E-state index contributed by atoms with van der Waals surface area (Å²) in [5.41, 5.74) is 4.12. The van der Waals surface area contributed by atoms with Crippen molar-refractivity contribution in [2.45, 2.75) is 6.92 Å². The number of rotatable bonds is 8. The van der Waals surface area contributed by atoms with Crippen LogP contribution < -0.4 is 14.9 Å². The van der Waals surface area contributed by atoms with Crippen LogP contribution in [0.5, 0.6) is 11.5 Å². The number of hydrogen-bond acceptors (Lipinski definition) is 7. The zero-order valence-electron chi connectivity index (χ0n) is 17.1. The van der Waals surface area contributed by atoms with Gasteiger partial charge in [-0.15, -0.1) is 0 Å². The first-order chi connectivity index (χ1) is 15.4. The van der Waals surface area contributed by atoms with Crippen molar-refractivity contribution in [3.8, 4) is 11.5 Å². The summed E-state index contributed by atoms with van der Waals surface area (Å²) >= 11 is 0. The molecule has 0 saturated carbocycles. The Morgan fingerprint density at radius 3 is 2.53 bits per heavy atom. The second kappa shape index (κ2) is 10.5.